The fourth-order valence-corrected chi connectivity index (χ4v) is 3.80. The summed E-state index contributed by atoms with van der Waals surface area (Å²) in [6.45, 7) is 0.402. The number of carbonyl (C=O) groups is 2. The van der Waals surface area contributed by atoms with Crippen LogP contribution in [-0.4, -0.2) is 43.0 Å². The lowest BCUT2D eigenvalue weighted by atomic mass is 10.1. The lowest BCUT2D eigenvalue weighted by molar-refractivity contribution is -0.906. The van der Waals surface area contributed by atoms with E-state index < -0.39 is 0 Å². The van der Waals surface area contributed by atoms with E-state index in [9.17, 15) is 9.59 Å². The highest BCUT2D eigenvalue weighted by atomic mass is 16.2. The lowest BCUT2D eigenvalue weighted by Crippen LogP contribution is -2.51. The Labute approximate surface area is 161 Å². The van der Waals surface area contributed by atoms with Crippen molar-refractivity contribution in [1.29, 1.82) is 0 Å². The molecule has 0 radical (unpaired) electrons. The molecule has 0 aliphatic heterocycles. The predicted molar refractivity (Wildman–Crippen MR) is 109 cm³/mol. The molecule has 2 aromatic carbocycles. The van der Waals surface area contributed by atoms with Gasteiger partial charge in [-0.1, -0.05) is 30.3 Å². The Kier molecular flexibility index (Phi) is 5.91. The minimum Gasteiger partial charge on any atom is -0.322 e. The molecule has 1 aliphatic carbocycles. The van der Waals surface area contributed by atoms with Gasteiger partial charge in [0.2, 0.25) is 0 Å². The van der Waals surface area contributed by atoms with Crippen LogP contribution in [0.3, 0.4) is 0 Å². The number of likely N-dealkylation sites (N-methyl/N-ethyl adjacent to an activating group) is 1. The number of hydrogen-bond donors (Lipinski definition) is 2. The van der Waals surface area contributed by atoms with E-state index in [2.05, 4.69) is 24.7 Å². The van der Waals surface area contributed by atoms with Crippen molar-refractivity contribution in [3.05, 3.63) is 60.2 Å². The van der Waals surface area contributed by atoms with Crippen molar-refractivity contribution < 1.29 is 14.1 Å². The van der Waals surface area contributed by atoms with Crippen molar-refractivity contribution in [3.63, 3.8) is 0 Å². The van der Waals surface area contributed by atoms with Crippen molar-refractivity contribution >= 4 is 23.2 Å². The summed E-state index contributed by atoms with van der Waals surface area (Å²) in [6, 6.07) is 17.0. The zero-order chi connectivity index (χ0) is 19.3. The highest BCUT2D eigenvalue weighted by Crippen LogP contribution is 2.26. The highest BCUT2D eigenvalue weighted by Gasteiger charge is 2.33. The van der Waals surface area contributed by atoms with Gasteiger partial charge < -0.3 is 15.1 Å². The molecule has 27 heavy (non-hydrogen) atoms. The zero-order valence-electron chi connectivity index (χ0n) is 16.1. The molecule has 2 N–H and O–H groups in total. The van der Waals surface area contributed by atoms with E-state index in [0.29, 0.717) is 28.3 Å². The molecule has 0 heterocycles. The van der Waals surface area contributed by atoms with Crippen LogP contribution >= 0.6 is 0 Å². The standard InChI is InChI=1S/C22H27N3O2/c1-25(2,18-12-6-7-13-18)16-21(26)24-20-15-9-8-14-19(20)22(27)23-17-10-4-3-5-11-17/h3-5,8-11,14-15,18H,6-7,12-13,16H2,1-2H3,(H-,23,24,26,27)/p+1. The molecular weight excluding hydrogens is 338 g/mol. The van der Waals surface area contributed by atoms with Crippen LogP contribution in [0.1, 0.15) is 36.0 Å². The molecule has 142 valence electrons. The number of nitrogens with one attached hydrogen (secondary N) is 2. The van der Waals surface area contributed by atoms with Crippen molar-refractivity contribution in [1.82, 2.24) is 0 Å². The van der Waals surface area contributed by atoms with Crippen LogP contribution in [0.4, 0.5) is 11.4 Å². The summed E-state index contributed by atoms with van der Waals surface area (Å²) >= 11 is 0. The van der Waals surface area contributed by atoms with Gasteiger partial charge in [-0.2, -0.15) is 0 Å². The molecule has 3 rings (SSSR count). The largest absolute Gasteiger partial charge is 0.322 e. The number of para-hydroxylation sites is 2. The molecule has 5 nitrogen and oxygen atoms in total. The first-order chi connectivity index (χ1) is 13.0. The third kappa shape index (κ3) is 4.95. The van der Waals surface area contributed by atoms with Gasteiger partial charge in [0, 0.05) is 5.69 Å². The fraction of sp³-hybridized carbons (Fsp3) is 0.364. The van der Waals surface area contributed by atoms with E-state index >= 15 is 0 Å². The minimum absolute atomic E-state index is 0.0631. The van der Waals surface area contributed by atoms with Crippen LogP contribution in [0.5, 0.6) is 0 Å². The topological polar surface area (TPSA) is 58.2 Å². The first-order valence-electron chi connectivity index (χ1n) is 9.54. The summed E-state index contributed by atoms with van der Waals surface area (Å²) < 4.78 is 0.685. The van der Waals surface area contributed by atoms with Gasteiger partial charge in [-0.05, 0) is 49.9 Å². The minimum atomic E-state index is -0.235. The van der Waals surface area contributed by atoms with Crippen LogP contribution in [-0.2, 0) is 4.79 Å². The molecule has 2 aromatic rings. The number of rotatable bonds is 6. The van der Waals surface area contributed by atoms with Gasteiger partial charge in [0.25, 0.3) is 11.8 Å². The Bertz CT molecular complexity index is 796. The van der Waals surface area contributed by atoms with Crippen LogP contribution in [0, 0.1) is 0 Å². The van der Waals surface area contributed by atoms with E-state index in [1.807, 2.05) is 36.4 Å². The Balaban J connectivity index is 1.68. The second-order valence-corrected chi connectivity index (χ2v) is 7.79. The first-order valence-corrected chi connectivity index (χ1v) is 9.54. The third-order valence-electron chi connectivity index (χ3n) is 5.34. The van der Waals surface area contributed by atoms with Gasteiger partial charge in [-0.15, -0.1) is 0 Å². The zero-order valence-corrected chi connectivity index (χ0v) is 16.1. The van der Waals surface area contributed by atoms with E-state index in [0.717, 1.165) is 5.69 Å². The summed E-state index contributed by atoms with van der Waals surface area (Å²) in [4.78, 5) is 25.3. The summed E-state index contributed by atoms with van der Waals surface area (Å²) in [7, 11) is 4.23. The van der Waals surface area contributed by atoms with Crippen molar-refractivity contribution in [3.8, 4) is 0 Å². The molecular formula is C22H28N3O2+. The molecule has 2 amide bonds. The van der Waals surface area contributed by atoms with E-state index in [4.69, 9.17) is 0 Å². The number of anilines is 2. The summed E-state index contributed by atoms with van der Waals surface area (Å²) in [5, 5.41) is 5.81. The fourth-order valence-electron chi connectivity index (χ4n) is 3.80. The quantitative estimate of drug-likeness (QED) is 0.762. The number of benzene rings is 2. The van der Waals surface area contributed by atoms with Crippen LogP contribution in [0.2, 0.25) is 0 Å². The van der Waals surface area contributed by atoms with Crippen LogP contribution in [0.25, 0.3) is 0 Å². The van der Waals surface area contributed by atoms with Gasteiger partial charge in [0.15, 0.2) is 6.54 Å². The van der Waals surface area contributed by atoms with Gasteiger partial charge in [-0.25, -0.2) is 0 Å². The first kappa shape index (κ1) is 19.1. The maximum absolute atomic E-state index is 12.7. The Morgan fingerprint density at radius 2 is 1.56 bits per heavy atom. The second-order valence-electron chi connectivity index (χ2n) is 7.79. The molecule has 5 heteroatoms. The summed E-state index contributed by atoms with van der Waals surface area (Å²) in [5.74, 6) is -0.298. The predicted octanol–water partition coefficient (Wildman–Crippen LogP) is 3.90. The number of hydrogen-bond acceptors (Lipinski definition) is 2. The molecule has 1 aliphatic rings. The third-order valence-corrected chi connectivity index (χ3v) is 5.34. The van der Waals surface area contributed by atoms with Crippen molar-refractivity contribution in [2.24, 2.45) is 0 Å². The summed E-state index contributed by atoms with van der Waals surface area (Å²) in [5.41, 5.74) is 1.73. The molecule has 1 saturated carbocycles. The molecule has 0 bridgehead atoms. The summed E-state index contributed by atoms with van der Waals surface area (Å²) in [6.07, 6.45) is 4.85. The second kappa shape index (κ2) is 8.35. The molecule has 0 spiro atoms. The molecule has 0 saturated heterocycles. The Morgan fingerprint density at radius 1 is 0.926 bits per heavy atom. The Hall–Kier alpha value is -2.66. The molecule has 0 aromatic heterocycles. The molecule has 0 atom stereocenters. The van der Waals surface area contributed by atoms with E-state index in [-0.39, 0.29) is 11.8 Å². The maximum atomic E-state index is 12.7. The number of amides is 2. The van der Waals surface area contributed by atoms with E-state index in [1.165, 1.54) is 25.7 Å². The normalized spacial score (nSPS) is 14.7. The monoisotopic (exact) mass is 366 g/mol. The van der Waals surface area contributed by atoms with Gasteiger partial charge in [0.1, 0.15) is 0 Å². The molecule has 0 unspecified atom stereocenters. The lowest BCUT2D eigenvalue weighted by Gasteiger charge is -2.35. The van der Waals surface area contributed by atoms with Crippen LogP contribution in [0.15, 0.2) is 54.6 Å². The molecule has 1 fully saturated rings. The van der Waals surface area contributed by atoms with E-state index in [1.54, 1.807) is 18.2 Å². The maximum Gasteiger partial charge on any atom is 0.279 e. The van der Waals surface area contributed by atoms with Crippen LogP contribution < -0.4 is 10.6 Å². The smallest absolute Gasteiger partial charge is 0.279 e. The number of quaternary nitrogens is 1. The average Bonchev–Trinajstić information content (AvgIpc) is 3.18. The SMILES string of the molecule is C[N+](C)(CC(=O)Nc1ccccc1C(=O)Nc1ccccc1)C1CCCC1. The van der Waals surface area contributed by atoms with Gasteiger partial charge >= 0.3 is 0 Å². The van der Waals surface area contributed by atoms with Gasteiger partial charge in [0.05, 0.1) is 31.4 Å². The van der Waals surface area contributed by atoms with Crippen molar-refractivity contribution in [2.45, 2.75) is 31.7 Å². The number of carbonyl (C=O) groups excluding carboxylic acids is 2. The van der Waals surface area contributed by atoms with Gasteiger partial charge in [-0.3, -0.25) is 9.59 Å². The van der Waals surface area contributed by atoms with Crippen molar-refractivity contribution in [2.75, 3.05) is 31.3 Å². The number of nitrogens with zero attached hydrogens (tertiary/aromatic N) is 1. The average molecular weight is 366 g/mol. The highest BCUT2D eigenvalue weighted by molar-refractivity contribution is 6.10. The Morgan fingerprint density at radius 3 is 2.26 bits per heavy atom.